The Kier molecular flexibility index (Phi) is 10.3. The smallest absolute Gasteiger partial charge is 0.355 e. The number of H-pyrrole nitrogens is 1. The molecule has 5 aliphatic rings. The number of hydrogen-bond acceptors (Lipinski definition) is 8. The van der Waals surface area contributed by atoms with Gasteiger partial charge in [-0.2, -0.15) is 0 Å². The van der Waals surface area contributed by atoms with Gasteiger partial charge in [-0.1, -0.05) is 63.6 Å². The van der Waals surface area contributed by atoms with Gasteiger partial charge in [-0.05, 0) is 67.2 Å². The minimum atomic E-state index is -1.03. The summed E-state index contributed by atoms with van der Waals surface area (Å²) in [6.45, 7) is 11.1. The molecule has 2 bridgehead atoms. The zero-order chi connectivity index (χ0) is 33.3. The summed E-state index contributed by atoms with van der Waals surface area (Å²) < 4.78 is 31.7. The summed E-state index contributed by atoms with van der Waals surface area (Å²) >= 11 is 0. The molecule has 0 amide bonds. The van der Waals surface area contributed by atoms with Crippen molar-refractivity contribution in [1.82, 2.24) is 4.98 Å². The molecule has 47 heavy (non-hydrogen) atoms. The van der Waals surface area contributed by atoms with E-state index in [-0.39, 0.29) is 24.8 Å². The third-order valence-electron chi connectivity index (χ3n) is 10.6. The summed E-state index contributed by atoms with van der Waals surface area (Å²) in [5, 5.41) is 11.4. The summed E-state index contributed by atoms with van der Waals surface area (Å²) in [6, 6.07) is 3.34. The topological polar surface area (TPSA) is 116 Å². The van der Waals surface area contributed by atoms with Crippen LogP contribution in [0.5, 0.6) is 0 Å². The molecule has 3 fully saturated rings. The van der Waals surface area contributed by atoms with Gasteiger partial charge in [-0.25, -0.2) is 4.79 Å². The van der Waals surface area contributed by atoms with Gasteiger partial charge >= 0.3 is 11.9 Å². The molecule has 0 saturated carbocycles. The third-order valence-corrected chi connectivity index (χ3v) is 10.6. The van der Waals surface area contributed by atoms with E-state index in [9.17, 15) is 14.7 Å². The number of aliphatic hydroxyl groups is 1. The van der Waals surface area contributed by atoms with Crippen LogP contribution in [-0.4, -0.2) is 71.5 Å². The standard InChI is InChI=1S/C38H51NO8/c1-22(2)34-25(5)13-14-38(47-34)19-29-18-28(46-38)12-11-24(4)16-23(3)8-6-9-26-20-43-35-32(26)30(36(41)45-29)17-27(33(35)40)21-44-37(42)31-10-7-15-39-31/h6-11,15,17,22-23,25,28-30,32-35,39-40H,12-14,16,18-21H2,1-5H3/b8-6+,24-11+,26-9+/t23-,25-,28+,29-,30+,32?,33+,34+,35-,38+/m0/s1. The maximum atomic E-state index is 14.3. The van der Waals surface area contributed by atoms with Crippen molar-refractivity contribution >= 4 is 11.9 Å². The maximum Gasteiger partial charge on any atom is 0.355 e. The zero-order valence-electron chi connectivity index (χ0n) is 28.4. The SMILES string of the molecule is C/C1=C\C[C@@H]2C[C@@H](C[C@]3(CC[C@H](C)[C@@H](C(C)C)O3)O2)OC(=O)[C@@H]2C=C(COC(=O)c3ccc[nH]3)[C@@H](O)[C@H]3OC/C(=C\C=C\[C@H](C)C1)C23. The molecule has 0 aromatic carbocycles. The van der Waals surface area contributed by atoms with Crippen LogP contribution in [-0.2, 0) is 28.5 Å². The fourth-order valence-corrected chi connectivity index (χ4v) is 8.19. The Morgan fingerprint density at radius 2 is 2.04 bits per heavy atom. The van der Waals surface area contributed by atoms with Crippen molar-refractivity contribution < 1.29 is 38.4 Å². The molecule has 1 aromatic rings. The average molecular weight is 650 g/mol. The maximum absolute atomic E-state index is 14.3. The number of nitrogens with one attached hydrogen (secondary N) is 1. The number of aliphatic hydroxyl groups excluding tert-OH is 1. The molecule has 5 heterocycles. The molecule has 0 radical (unpaired) electrons. The van der Waals surface area contributed by atoms with E-state index in [1.165, 1.54) is 5.57 Å². The Morgan fingerprint density at radius 1 is 1.21 bits per heavy atom. The lowest BCUT2D eigenvalue weighted by molar-refractivity contribution is -0.340. The fraction of sp³-hybridized carbons (Fsp3) is 0.632. The van der Waals surface area contributed by atoms with Gasteiger partial charge in [0.1, 0.15) is 24.5 Å². The van der Waals surface area contributed by atoms with Gasteiger partial charge < -0.3 is 33.8 Å². The van der Waals surface area contributed by atoms with Gasteiger partial charge in [0.2, 0.25) is 0 Å². The van der Waals surface area contributed by atoms with Crippen LogP contribution in [0.15, 0.2) is 65.4 Å². The predicted octanol–water partition coefficient (Wildman–Crippen LogP) is 6.22. The van der Waals surface area contributed by atoms with Crippen LogP contribution in [0.2, 0.25) is 0 Å². The Morgan fingerprint density at radius 3 is 2.81 bits per heavy atom. The van der Waals surface area contributed by atoms with Crippen LogP contribution < -0.4 is 0 Å². The molecule has 256 valence electrons. The van der Waals surface area contributed by atoms with Gasteiger partial charge in [-0.3, -0.25) is 4.79 Å². The van der Waals surface area contributed by atoms with Crippen LogP contribution in [0.3, 0.4) is 0 Å². The largest absolute Gasteiger partial charge is 0.462 e. The van der Waals surface area contributed by atoms with E-state index in [1.54, 1.807) is 24.4 Å². The highest BCUT2D eigenvalue weighted by Gasteiger charge is 2.52. The first-order chi connectivity index (χ1) is 22.5. The molecule has 2 N–H and O–H groups in total. The van der Waals surface area contributed by atoms with Crippen LogP contribution in [0.25, 0.3) is 0 Å². The summed E-state index contributed by atoms with van der Waals surface area (Å²) in [6.07, 6.45) is 14.1. The van der Waals surface area contributed by atoms with Crippen molar-refractivity contribution in [2.75, 3.05) is 13.2 Å². The Balaban J connectivity index is 1.31. The molecule has 1 aliphatic carbocycles. The number of rotatable bonds is 4. The van der Waals surface area contributed by atoms with Gasteiger partial charge in [-0.15, -0.1) is 0 Å². The highest BCUT2D eigenvalue weighted by atomic mass is 16.7. The molecule has 1 spiro atoms. The average Bonchev–Trinajstić information content (AvgIpc) is 3.72. The van der Waals surface area contributed by atoms with Crippen molar-refractivity contribution in [1.29, 1.82) is 0 Å². The molecule has 10 atom stereocenters. The molecule has 1 aromatic heterocycles. The van der Waals surface area contributed by atoms with Crippen LogP contribution in [0.4, 0.5) is 0 Å². The summed E-state index contributed by atoms with van der Waals surface area (Å²) in [4.78, 5) is 29.7. The molecule has 4 aliphatic heterocycles. The lowest BCUT2D eigenvalue weighted by Gasteiger charge is -2.50. The van der Waals surface area contributed by atoms with E-state index in [0.29, 0.717) is 48.5 Å². The summed E-state index contributed by atoms with van der Waals surface area (Å²) in [7, 11) is 0. The number of hydrogen-bond donors (Lipinski definition) is 2. The molecule has 6 rings (SSSR count). The quantitative estimate of drug-likeness (QED) is 0.292. The third kappa shape index (κ3) is 7.53. The molecule has 9 heteroatoms. The molecule has 1 unspecified atom stereocenters. The van der Waals surface area contributed by atoms with E-state index < -0.39 is 41.9 Å². The molecule has 9 nitrogen and oxygen atoms in total. The second-order valence-electron chi connectivity index (χ2n) is 14.8. The van der Waals surface area contributed by atoms with Gasteiger partial charge in [0.05, 0.1) is 30.8 Å². The van der Waals surface area contributed by atoms with Gasteiger partial charge in [0.25, 0.3) is 0 Å². The number of allylic oxidation sites excluding steroid dienone is 4. The Hall–Kier alpha value is -2.98. The number of carbonyl (C=O) groups is 2. The van der Waals surface area contributed by atoms with E-state index >= 15 is 0 Å². The molecular weight excluding hydrogens is 598 g/mol. The minimum Gasteiger partial charge on any atom is -0.462 e. The van der Waals surface area contributed by atoms with Crippen molar-refractivity contribution in [3.63, 3.8) is 0 Å². The van der Waals surface area contributed by atoms with Gasteiger partial charge in [0.15, 0.2) is 5.79 Å². The van der Waals surface area contributed by atoms with Crippen molar-refractivity contribution in [3.05, 3.63) is 71.1 Å². The van der Waals surface area contributed by atoms with Crippen molar-refractivity contribution in [2.45, 2.75) is 109 Å². The van der Waals surface area contributed by atoms with E-state index in [4.69, 9.17) is 23.7 Å². The van der Waals surface area contributed by atoms with E-state index in [2.05, 4.69) is 51.8 Å². The Labute approximate surface area is 278 Å². The number of fused-ring (bicyclic) bond motifs is 2. The molecule has 3 saturated heterocycles. The van der Waals surface area contributed by atoms with Crippen molar-refractivity contribution in [3.8, 4) is 0 Å². The van der Waals surface area contributed by atoms with Crippen LogP contribution >= 0.6 is 0 Å². The second kappa shape index (κ2) is 14.2. The Bertz CT molecular complexity index is 1410. The number of aromatic nitrogens is 1. The predicted molar refractivity (Wildman–Crippen MR) is 176 cm³/mol. The van der Waals surface area contributed by atoms with Crippen LogP contribution in [0, 0.1) is 29.6 Å². The zero-order valence-corrected chi connectivity index (χ0v) is 28.4. The first kappa shape index (κ1) is 33.9. The van der Waals surface area contributed by atoms with Crippen molar-refractivity contribution in [2.24, 2.45) is 29.6 Å². The first-order valence-electron chi connectivity index (χ1n) is 17.4. The van der Waals surface area contributed by atoms with Gasteiger partial charge in [0, 0.05) is 31.4 Å². The van der Waals surface area contributed by atoms with E-state index in [1.807, 2.05) is 12.2 Å². The number of ether oxygens (including phenoxy) is 5. The lowest BCUT2D eigenvalue weighted by Crippen LogP contribution is -2.55. The summed E-state index contributed by atoms with van der Waals surface area (Å²) in [5.74, 6) is -1.78. The monoisotopic (exact) mass is 649 g/mol. The summed E-state index contributed by atoms with van der Waals surface area (Å²) in [5.41, 5.74) is 2.97. The number of esters is 2. The molecular formula is C38H51NO8. The lowest BCUT2D eigenvalue weighted by atomic mass is 9.74. The first-order valence-corrected chi connectivity index (χ1v) is 17.4. The van der Waals surface area contributed by atoms with E-state index in [0.717, 1.165) is 31.3 Å². The number of carbonyl (C=O) groups excluding carboxylic acids is 2. The minimum absolute atomic E-state index is 0.0599. The van der Waals surface area contributed by atoms with Crippen LogP contribution in [0.1, 0.15) is 83.6 Å². The highest BCUT2D eigenvalue weighted by Crippen LogP contribution is 2.46. The second-order valence-corrected chi connectivity index (χ2v) is 14.8. The number of aromatic amines is 1. The normalized spacial score (nSPS) is 40.8. The fourth-order valence-electron chi connectivity index (χ4n) is 8.19. The highest BCUT2D eigenvalue weighted by molar-refractivity contribution is 5.87.